The monoisotopic (exact) mass is 566 g/mol. The van der Waals surface area contributed by atoms with Gasteiger partial charge in [0.25, 0.3) is 5.91 Å². The number of anilines is 1. The van der Waals surface area contributed by atoms with Gasteiger partial charge in [-0.1, -0.05) is 46.9 Å². The third-order valence-electron chi connectivity index (χ3n) is 5.79. The Balaban J connectivity index is 1.72. The van der Waals surface area contributed by atoms with E-state index in [-0.39, 0.29) is 34.3 Å². The van der Waals surface area contributed by atoms with Crippen LogP contribution in [-0.4, -0.2) is 44.2 Å². The number of sulfonamides is 1. The standard InChI is InChI=1S/C25H21Cl3N2O5S/c1-35-20-8-6-19(7-9-20)30-24(31)15-22(25(30)32)29(12-11-16-3-2-4-17(26)13-16)36(33,34)23-14-18(27)5-10-21(23)28/h2-10,13-14,22H,11-12,15H2,1H3. The Morgan fingerprint density at radius 2 is 1.67 bits per heavy atom. The molecule has 1 heterocycles. The SMILES string of the molecule is COc1ccc(N2C(=O)CC(N(CCc3cccc(Cl)c3)S(=O)(=O)c3cc(Cl)ccc3Cl)C2=O)cc1. The van der Waals surface area contributed by atoms with E-state index in [2.05, 4.69) is 0 Å². The van der Waals surface area contributed by atoms with E-state index in [0.29, 0.717) is 16.5 Å². The molecule has 1 saturated heterocycles. The predicted molar refractivity (Wildman–Crippen MR) is 139 cm³/mol. The second kappa shape index (κ2) is 10.8. The van der Waals surface area contributed by atoms with Gasteiger partial charge in [0, 0.05) is 16.6 Å². The Labute approximate surface area is 224 Å². The van der Waals surface area contributed by atoms with Crippen LogP contribution in [0.5, 0.6) is 5.75 Å². The van der Waals surface area contributed by atoms with Crippen LogP contribution >= 0.6 is 34.8 Å². The van der Waals surface area contributed by atoms with E-state index in [1.54, 1.807) is 48.5 Å². The van der Waals surface area contributed by atoms with Gasteiger partial charge in [-0.25, -0.2) is 13.3 Å². The van der Waals surface area contributed by atoms with Crippen LogP contribution in [0.1, 0.15) is 12.0 Å². The summed E-state index contributed by atoms with van der Waals surface area (Å²) in [5, 5.41) is 0.620. The first-order chi connectivity index (χ1) is 17.1. The fourth-order valence-electron chi connectivity index (χ4n) is 4.02. The molecular formula is C25H21Cl3N2O5S. The van der Waals surface area contributed by atoms with Gasteiger partial charge in [0.05, 0.1) is 24.2 Å². The number of hydrogen-bond donors (Lipinski definition) is 0. The molecule has 0 aromatic heterocycles. The number of imide groups is 1. The third kappa shape index (κ3) is 5.38. The minimum atomic E-state index is -4.33. The summed E-state index contributed by atoms with van der Waals surface area (Å²) in [7, 11) is -2.83. The van der Waals surface area contributed by atoms with E-state index in [4.69, 9.17) is 39.5 Å². The summed E-state index contributed by atoms with van der Waals surface area (Å²) in [6.07, 6.45) is -0.0731. The number of rotatable bonds is 8. The number of amides is 2. The summed E-state index contributed by atoms with van der Waals surface area (Å²) in [6, 6.07) is 16.1. The molecule has 1 unspecified atom stereocenters. The highest BCUT2D eigenvalue weighted by Crippen LogP contribution is 2.33. The molecule has 1 aliphatic heterocycles. The maximum Gasteiger partial charge on any atom is 0.252 e. The van der Waals surface area contributed by atoms with Crippen LogP contribution in [-0.2, 0) is 26.0 Å². The van der Waals surface area contributed by atoms with E-state index in [0.717, 1.165) is 14.8 Å². The molecule has 0 bridgehead atoms. The molecule has 188 valence electrons. The summed E-state index contributed by atoms with van der Waals surface area (Å²) in [4.78, 5) is 27.2. The van der Waals surface area contributed by atoms with Gasteiger partial charge in [-0.2, -0.15) is 4.31 Å². The molecule has 11 heteroatoms. The normalized spacial score (nSPS) is 16.1. The molecular weight excluding hydrogens is 547 g/mol. The predicted octanol–water partition coefficient (Wildman–Crippen LogP) is 5.22. The second-order valence-corrected chi connectivity index (χ2v) is 11.2. The van der Waals surface area contributed by atoms with E-state index in [9.17, 15) is 18.0 Å². The van der Waals surface area contributed by atoms with E-state index in [1.165, 1.54) is 25.3 Å². The van der Waals surface area contributed by atoms with Crippen LogP contribution in [0.25, 0.3) is 0 Å². The third-order valence-corrected chi connectivity index (χ3v) is 8.65. The molecule has 0 N–H and O–H groups in total. The molecule has 2 amide bonds. The van der Waals surface area contributed by atoms with Crippen LogP contribution in [0, 0.1) is 0 Å². The van der Waals surface area contributed by atoms with Gasteiger partial charge in [0.2, 0.25) is 15.9 Å². The number of halogens is 3. The Kier molecular flexibility index (Phi) is 7.92. The minimum Gasteiger partial charge on any atom is -0.497 e. The number of nitrogens with zero attached hydrogens (tertiary/aromatic N) is 2. The molecule has 0 saturated carbocycles. The first kappa shape index (κ1) is 26.4. The summed E-state index contributed by atoms with van der Waals surface area (Å²) < 4.78 is 33.8. The number of methoxy groups -OCH3 is 1. The molecule has 3 aromatic rings. The van der Waals surface area contributed by atoms with Crippen molar-refractivity contribution in [2.75, 3.05) is 18.6 Å². The number of carbonyl (C=O) groups excluding carboxylic acids is 2. The van der Waals surface area contributed by atoms with Gasteiger partial charge in [0.15, 0.2) is 0 Å². The molecule has 36 heavy (non-hydrogen) atoms. The van der Waals surface area contributed by atoms with Crippen molar-refractivity contribution < 1.29 is 22.7 Å². The van der Waals surface area contributed by atoms with Gasteiger partial charge in [-0.05, 0) is 66.6 Å². The zero-order chi connectivity index (χ0) is 26.0. The summed E-state index contributed by atoms with van der Waals surface area (Å²) >= 11 is 18.4. The fraction of sp³-hybridized carbons (Fsp3) is 0.200. The van der Waals surface area contributed by atoms with E-state index in [1.807, 2.05) is 0 Å². The number of carbonyl (C=O) groups is 2. The molecule has 1 atom stereocenters. The lowest BCUT2D eigenvalue weighted by atomic mass is 10.1. The van der Waals surface area contributed by atoms with Gasteiger partial charge in [-0.3, -0.25) is 9.59 Å². The van der Waals surface area contributed by atoms with Crippen LogP contribution in [0.2, 0.25) is 15.1 Å². The minimum absolute atomic E-state index is 0.0454. The lowest BCUT2D eigenvalue weighted by Crippen LogP contribution is -2.46. The van der Waals surface area contributed by atoms with Gasteiger partial charge in [0.1, 0.15) is 16.7 Å². The van der Waals surface area contributed by atoms with Crippen molar-refractivity contribution in [2.45, 2.75) is 23.8 Å². The van der Waals surface area contributed by atoms with E-state index < -0.39 is 27.9 Å². The molecule has 3 aromatic carbocycles. The number of ether oxygens (including phenoxy) is 1. The van der Waals surface area contributed by atoms with E-state index >= 15 is 0 Å². The molecule has 1 fully saturated rings. The van der Waals surface area contributed by atoms with Crippen LogP contribution in [0.15, 0.2) is 71.6 Å². The second-order valence-electron chi connectivity index (χ2n) is 8.06. The van der Waals surface area contributed by atoms with Crippen molar-refractivity contribution in [3.63, 3.8) is 0 Å². The molecule has 4 rings (SSSR count). The lowest BCUT2D eigenvalue weighted by molar-refractivity contribution is -0.122. The van der Waals surface area contributed by atoms with Crippen molar-refractivity contribution in [1.82, 2.24) is 4.31 Å². The Morgan fingerprint density at radius 3 is 2.33 bits per heavy atom. The topological polar surface area (TPSA) is 84.0 Å². The highest BCUT2D eigenvalue weighted by atomic mass is 35.5. The van der Waals surface area contributed by atoms with Crippen LogP contribution in [0.3, 0.4) is 0 Å². The summed E-state index contributed by atoms with van der Waals surface area (Å²) in [5.74, 6) is -0.621. The molecule has 0 aliphatic carbocycles. The molecule has 1 aliphatic rings. The maximum atomic E-state index is 13.8. The van der Waals surface area contributed by atoms with Crippen molar-refractivity contribution in [3.8, 4) is 5.75 Å². The highest BCUT2D eigenvalue weighted by Gasteiger charge is 2.47. The van der Waals surface area contributed by atoms with Crippen molar-refractivity contribution in [1.29, 1.82) is 0 Å². The average molecular weight is 568 g/mol. The Morgan fingerprint density at radius 1 is 0.972 bits per heavy atom. The van der Waals surface area contributed by atoms with Gasteiger partial charge in [-0.15, -0.1) is 0 Å². The first-order valence-electron chi connectivity index (χ1n) is 10.8. The van der Waals surface area contributed by atoms with Crippen molar-refractivity contribution in [3.05, 3.63) is 87.4 Å². The number of benzene rings is 3. The molecule has 7 nitrogen and oxygen atoms in total. The van der Waals surface area contributed by atoms with Crippen molar-refractivity contribution >= 4 is 62.3 Å². The highest BCUT2D eigenvalue weighted by molar-refractivity contribution is 7.89. The Bertz CT molecular complexity index is 1410. The quantitative estimate of drug-likeness (QED) is 0.349. The summed E-state index contributed by atoms with van der Waals surface area (Å²) in [5.41, 5.74) is 1.09. The number of hydrogen-bond acceptors (Lipinski definition) is 5. The summed E-state index contributed by atoms with van der Waals surface area (Å²) in [6.45, 7) is -0.0916. The lowest BCUT2D eigenvalue weighted by Gasteiger charge is -2.27. The maximum absolute atomic E-state index is 13.8. The van der Waals surface area contributed by atoms with Gasteiger partial charge >= 0.3 is 0 Å². The fourth-order valence-corrected chi connectivity index (χ4v) is 6.55. The van der Waals surface area contributed by atoms with Crippen LogP contribution < -0.4 is 9.64 Å². The molecule has 0 radical (unpaired) electrons. The zero-order valence-corrected chi connectivity index (χ0v) is 22.1. The average Bonchev–Trinajstić information content (AvgIpc) is 3.14. The Hall–Kier alpha value is -2.62. The largest absolute Gasteiger partial charge is 0.497 e. The molecule has 0 spiro atoms. The van der Waals surface area contributed by atoms with Gasteiger partial charge < -0.3 is 4.74 Å². The van der Waals surface area contributed by atoms with Crippen molar-refractivity contribution in [2.24, 2.45) is 0 Å². The van der Waals surface area contributed by atoms with Crippen LogP contribution in [0.4, 0.5) is 5.69 Å². The smallest absolute Gasteiger partial charge is 0.252 e. The first-order valence-corrected chi connectivity index (χ1v) is 13.4. The zero-order valence-electron chi connectivity index (χ0n) is 19.0.